The second kappa shape index (κ2) is 17.4. The molecule has 0 saturated carbocycles. The van der Waals surface area contributed by atoms with Crippen molar-refractivity contribution in [2.24, 2.45) is 0 Å². The van der Waals surface area contributed by atoms with Gasteiger partial charge in [0.05, 0.1) is 10.8 Å². The van der Waals surface area contributed by atoms with Crippen molar-refractivity contribution in [1.29, 1.82) is 0 Å². The predicted octanol–water partition coefficient (Wildman–Crippen LogP) is 18.5. The first-order valence-corrected chi connectivity index (χ1v) is 25.7. The van der Waals surface area contributed by atoms with E-state index in [1.165, 1.54) is 99.8 Å². The lowest BCUT2D eigenvalue weighted by atomic mass is 9.51. The largest absolute Gasteiger partial charge is 0.311 e. The van der Waals surface area contributed by atoms with Crippen LogP contribution in [-0.2, 0) is 10.8 Å². The summed E-state index contributed by atoms with van der Waals surface area (Å²) in [4.78, 5) is 2.38. The molecule has 0 aromatic heterocycles. The second-order valence-electron chi connectivity index (χ2n) is 19.8. The molecule has 0 radical (unpaired) electrons. The van der Waals surface area contributed by atoms with Gasteiger partial charge in [0.2, 0.25) is 0 Å². The lowest BCUT2D eigenvalue weighted by Gasteiger charge is -2.50. The molecule has 0 aliphatic heterocycles. The first-order chi connectivity index (χ1) is 36.2. The summed E-state index contributed by atoms with van der Waals surface area (Å²) in [6.45, 7) is 0. The van der Waals surface area contributed by atoms with E-state index in [0.29, 0.717) is 0 Å². The molecule has 0 atom stereocenters. The zero-order chi connectivity index (χ0) is 48.3. The Morgan fingerprint density at radius 2 is 0.767 bits per heavy atom. The molecule has 0 amide bonds. The van der Waals surface area contributed by atoms with Gasteiger partial charge >= 0.3 is 0 Å². The van der Waals surface area contributed by atoms with Crippen molar-refractivity contribution >= 4 is 33.4 Å². The Balaban J connectivity index is 0.907. The first kappa shape index (κ1) is 42.8. The molecule has 0 fully saturated rings. The summed E-state index contributed by atoms with van der Waals surface area (Å²) in [7, 11) is 0. The summed E-state index contributed by atoms with van der Waals surface area (Å²) in [5.41, 5.74) is 23.1. The van der Waals surface area contributed by atoms with Crippen molar-refractivity contribution in [3.63, 3.8) is 0 Å². The topological polar surface area (TPSA) is 3.24 Å². The average molecular weight is 930 g/mol. The highest BCUT2D eigenvalue weighted by atomic mass is 15.1. The van der Waals surface area contributed by atoms with Crippen molar-refractivity contribution in [2.75, 3.05) is 4.90 Å². The van der Waals surface area contributed by atoms with E-state index in [-0.39, 0.29) is 0 Å². The Hall–Kier alpha value is -9.04. The van der Waals surface area contributed by atoms with Crippen LogP contribution in [0.3, 0.4) is 0 Å². The number of hydrogen-bond acceptors (Lipinski definition) is 1. The molecule has 73 heavy (non-hydrogen) atoms. The van der Waals surface area contributed by atoms with Gasteiger partial charge in [-0.25, -0.2) is 0 Å². The number of allylic oxidation sites excluding steroid dienone is 4. The van der Waals surface area contributed by atoms with Crippen LogP contribution in [0.4, 0.5) is 17.1 Å². The summed E-state index contributed by atoms with van der Waals surface area (Å²) in [6.07, 6.45) is 6.82. The Morgan fingerprint density at radius 3 is 1.36 bits per heavy atom. The van der Waals surface area contributed by atoms with Gasteiger partial charge in [-0.15, -0.1) is 0 Å². The standard InChI is InChI=1S/C72H51N/c1-4-19-50(20-5-1)51-35-42-58(43-36-51)73(60-46-39-54(40-47-60)62-29-18-22-53-21-10-11-27-61(53)62)59-44-37-52(38-45-59)55-41-48-64-63-28-12-13-30-65(63)72(70(64)49-55)68-33-16-14-31-66(68)71(56-23-6-2-7-24-56,57-25-8-3-9-26-57)67-32-15-17-34-69(67)72/h1-12,14-29,31-49H,13,30H2. The third-order valence-electron chi connectivity index (χ3n) is 16.1. The SMILES string of the molecule is C1=CC2=C(CC1)C1(c3cc(-c4ccc(N(c5ccc(-c6ccccc6)cc5)c5ccc(-c6cccc7ccccc67)cc5)cc4)ccc32)c2ccccc2C(c2ccccc2)(c2ccccc2)c2ccccc21. The Morgan fingerprint density at radius 1 is 0.315 bits per heavy atom. The van der Waals surface area contributed by atoms with E-state index in [0.717, 1.165) is 29.9 Å². The maximum Gasteiger partial charge on any atom is 0.0708 e. The molecular formula is C72H51N. The van der Waals surface area contributed by atoms with Gasteiger partial charge in [-0.05, 0) is 155 Å². The fourth-order valence-corrected chi connectivity index (χ4v) is 13.0. The molecule has 0 unspecified atom stereocenters. The van der Waals surface area contributed by atoms with Crippen molar-refractivity contribution in [3.05, 3.63) is 335 Å². The zero-order valence-corrected chi connectivity index (χ0v) is 40.5. The van der Waals surface area contributed by atoms with Gasteiger partial charge < -0.3 is 4.90 Å². The van der Waals surface area contributed by atoms with Crippen LogP contribution in [0, 0.1) is 0 Å². The van der Waals surface area contributed by atoms with Crippen LogP contribution in [0.5, 0.6) is 0 Å². The van der Waals surface area contributed by atoms with Gasteiger partial charge in [-0.3, -0.25) is 0 Å². The van der Waals surface area contributed by atoms with Crippen LogP contribution in [0.25, 0.3) is 49.7 Å². The van der Waals surface area contributed by atoms with E-state index in [4.69, 9.17) is 0 Å². The average Bonchev–Trinajstić information content (AvgIpc) is 3.77. The van der Waals surface area contributed by atoms with Crippen molar-refractivity contribution in [3.8, 4) is 33.4 Å². The smallest absolute Gasteiger partial charge is 0.0708 e. The molecule has 1 spiro atoms. The minimum Gasteiger partial charge on any atom is -0.311 e. The van der Waals surface area contributed by atoms with Gasteiger partial charge in [-0.1, -0.05) is 243 Å². The number of fused-ring (bicyclic) bond motifs is 9. The summed E-state index contributed by atoms with van der Waals surface area (Å²) >= 11 is 0. The molecule has 0 heterocycles. The predicted molar refractivity (Wildman–Crippen MR) is 305 cm³/mol. The van der Waals surface area contributed by atoms with E-state index >= 15 is 0 Å². The highest BCUT2D eigenvalue weighted by Crippen LogP contribution is 2.65. The molecule has 0 saturated heterocycles. The molecule has 0 N–H and O–H groups in total. The normalized spacial score (nSPS) is 14.6. The molecule has 11 aromatic carbocycles. The van der Waals surface area contributed by atoms with Crippen LogP contribution in [0.1, 0.15) is 57.3 Å². The molecule has 0 bridgehead atoms. The number of anilines is 3. The van der Waals surface area contributed by atoms with Gasteiger partial charge in [0, 0.05) is 17.1 Å². The Bertz CT molecular complexity index is 3830. The fourth-order valence-electron chi connectivity index (χ4n) is 13.0. The molecule has 14 rings (SSSR count). The lowest BCUT2D eigenvalue weighted by molar-refractivity contribution is 0.599. The van der Waals surface area contributed by atoms with Gasteiger partial charge in [0.25, 0.3) is 0 Å². The fraction of sp³-hybridized carbons (Fsp3) is 0.0556. The quantitative estimate of drug-likeness (QED) is 0.147. The molecule has 3 aliphatic rings. The number of hydrogen-bond donors (Lipinski definition) is 0. The molecular weight excluding hydrogens is 879 g/mol. The highest BCUT2D eigenvalue weighted by Gasteiger charge is 2.57. The van der Waals surface area contributed by atoms with Crippen LogP contribution in [0.15, 0.2) is 291 Å². The first-order valence-electron chi connectivity index (χ1n) is 25.7. The molecule has 1 heteroatoms. The zero-order valence-electron chi connectivity index (χ0n) is 40.5. The van der Waals surface area contributed by atoms with Crippen LogP contribution >= 0.6 is 0 Å². The van der Waals surface area contributed by atoms with Crippen molar-refractivity contribution in [2.45, 2.75) is 23.7 Å². The summed E-state index contributed by atoms with van der Waals surface area (Å²) in [6, 6.07) is 102. The van der Waals surface area contributed by atoms with Crippen LogP contribution in [-0.4, -0.2) is 0 Å². The second-order valence-corrected chi connectivity index (χ2v) is 19.8. The summed E-state index contributed by atoms with van der Waals surface area (Å²) < 4.78 is 0. The highest BCUT2D eigenvalue weighted by molar-refractivity contribution is 5.97. The van der Waals surface area contributed by atoms with Crippen LogP contribution in [0.2, 0.25) is 0 Å². The minimum absolute atomic E-state index is 0.480. The monoisotopic (exact) mass is 929 g/mol. The van der Waals surface area contributed by atoms with Crippen LogP contribution < -0.4 is 4.90 Å². The number of rotatable bonds is 8. The molecule has 11 aromatic rings. The minimum atomic E-state index is -0.521. The third-order valence-corrected chi connectivity index (χ3v) is 16.1. The number of benzene rings is 11. The molecule has 1 nitrogen and oxygen atoms in total. The van der Waals surface area contributed by atoms with E-state index in [2.05, 4.69) is 290 Å². The van der Waals surface area contributed by atoms with E-state index in [9.17, 15) is 0 Å². The van der Waals surface area contributed by atoms with Gasteiger partial charge in [0.15, 0.2) is 0 Å². The number of nitrogens with zero attached hydrogens (tertiary/aromatic N) is 1. The van der Waals surface area contributed by atoms with E-state index in [1.54, 1.807) is 0 Å². The van der Waals surface area contributed by atoms with E-state index < -0.39 is 10.8 Å². The van der Waals surface area contributed by atoms with Crippen molar-refractivity contribution in [1.82, 2.24) is 0 Å². The summed E-state index contributed by atoms with van der Waals surface area (Å²) in [5, 5.41) is 2.51. The Labute approximate surface area is 428 Å². The Kier molecular flexibility index (Phi) is 10.2. The third kappa shape index (κ3) is 6.62. The van der Waals surface area contributed by atoms with Crippen molar-refractivity contribution < 1.29 is 0 Å². The van der Waals surface area contributed by atoms with Gasteiger partial charge in [-0.2, -0.15) is 0 Å². The molecule has 3 aliphatic carbocycles. The summed E-state index contributed by atoms with van der Waals surface area (Å²) in [5.74, 6) is 0. The maximum absolute atomic E-state index is 2.54. The van der Waals surface area contributed by atoms with E-state index in [1.807, 2.05) is 0 Å². The maximum atomic E-state index is 2.54. The molecule has 344 valence electrons. The van der Waals surface area contributed by atoms with Gasteiger partial charge in [0.1, 0.15) is 0 Å². The lowest BCUT2D eigenvalue weighted by Crippen LogP contribution is -2.45.